The molecule has 12 heteroatoms. The molecule has 48 heavy (non-hydrogen) atoms. The summed E-state index contributed by atoms with van der Waals surface area (Å²) in [6.45, 7) is 3.57. The van der Waals surface area contributed by atoms with Crippen molar-refractivity contribution < 1.29 is 32.2 Å². The van der Waals surface area contributed by atoms with Crippen LogP contribution in [0.4, 0.5) is 18.9 Å². The van der Waals surface area contributed by atoms with Crippen molar-refractivity contribution in [2.45, 2.75) is 12.7 Å². The highest BCUT2D eigenvalue weighted by Crippen LogP contribution is 2.33. The van der Waals surface area contributed by atoms with Crippen molar-refractivity contribution in [2.75, 3.05) is 45.2 Å². The third-order valence-corrected chi connectivity index (χ3v) is 8.55. The highest BCUT2D eigenvalue weighted by atomic mass is 19.4. The fraction of sp³-hybridized carbons (Fsp3) is 0.250. The molecule has 1 fully saturated rings. The SMILES string of the molecule is COc1ccc(CN2CCN(C(=O)c3cc4cccc(Oc5ccc(N(C)C(=O)c6ccc(C(F)(F)F)cc6)cn5)c4n3C)CC2)cc1. The first kappa shape index (κ1) is 32.6. The van der Waals surface area contributed by atoms with Gasteiger partial charge in [0.1, 0.15) is 11.4 Å². The van der Waals surface area contributed by atoms with Gasteiger partial charge < -0.3 is 23.8 Å². The lowest BCUT2D eigenvalue weighted by atomic mass is 10.1. The second-order valence-corrected chi connectivity index (χ2v) is 11.6. The van der Waals surface area contributed by atoms with Gasteiger partial charge in [-0.25, -0.2) is 4.98 Å². The summed E-state index contributed by atoms with van der Waals surface area (Å²) in [4.78, 5) is 36.4. The molecule has 248 valence electrons. The molecule has 9 nitrogen and oxygen atoms in total. The number of ether oxygens (including phenoxy) is 2. The number of halogens is 3. The van der Waals surface area contributed by atoms with Gasteiger partial charge in [0.15, 0.2) is 5.75 Å². The van der Waals surface area contributed by atoms with Crippen LogP contribution in [0.25, 0.3) is 10.9 Å². The van der Waals surface area contributed by atoms with Gasteiger partial charge in [0.25, 0.3) is 11.8 Å². The average molecular weight is 658 g/mol. The van der Waals surface area contributed by atoms with Crippen molar-refractivity contribution in [3.63, 3.8) is 0 Å². The van der Waals surface area contributed by atoms with E-state index in [2.05, 4.69) is 22.0 Å². The fourth-order valence-electron chi connectivity index (χ4n) is 5.78. The third kappa shape index (κ3) is 6.84. The summed E-state index contributed by atoms with van der Waals surface area (Å²) in [6, 6.07) is 22.7. The topological polar surface area (TPSA) is 80.1 Å². The third-order valence-electron chi connectivity index (χ3n) is 8.55. The number of methoxy groups -OCH3 is 1. The van der Waals surface area contributed by atoms with Crippen molar-refractivity contribution in [1.29, 1.82) is 0 Å². The van der Waals surface area contributed by atoms with E-state index in [4.69, 9.17) is 9.47 Å². The molecule has 0 unspecified atom stereocenters. The van der Waals surface area contributed by atoms with Crippen LogP contribution >= 0.6 is 0 Å². The highest BCUT2D eigenvalue weighted by Gasteiger charge is 2.30. The van der Waals surface area contributed by atoms with E-state index in [1.54, 1.807) is 25.3 Å². The Labute approximate surface area is 275 Å². The Kier molecular flexibility index (Phi) is 9.09. The summed E-state index contributed by atoms with van der Waals surface area (Å²) in [6.07, 6.45) is -3.03. The molecular formula is C36H34F3N5O4. The molecule has 0 spiro atoms. The molecule has 0 saturated carbocycles. The average Bonchev–Trinajstić information content (AvgIpc) is 3.45. The number of hydrogen-bond acceptors (Lipinski definition) is 6. The van der Waals surface area contributed by atoms with Gasteiger partial charge in [-0.05, 0) is 60.2 Å². The number of carbonyl (C=O) groups is 2. The number of alkyl halides is 3. The molecule has 1 aliphatic rings. The first-order valence-electron chi connectivity index (χ1n) is 15.3. The molecule has 1 aliphatic heterocycles. The number of pyridine rings is 1. The van der Waals surface area contributed by atoms with Crippen LogP contribution in [0.5, 0.6) is 17.4 Å². The minimum absolute atomic E-state index is 0.0491. The van der Waals surface area contributed by atoms with E-state index < -0.39 is 17.6 Å². The molecule has 0 bridgehead atoms. The molecule has 3 aromatic carbocycles. The Morgan fingerprint density at radius 2 is 1.62 bits per heavy atom. The van der Waals surface area contributed by atoms with E-state index in [0.29, 0.717) is 30.2 Å². The zero-order valence-corrected chi connectivity index (χ0v) is 26.7. The number of aromatic nitrogens is 2. The monoisotopic (exact) mass is 657 g/mol. The number of amides is 2. The van der Waals surface area contributed by atoms with Gasteiger partial charge in [0.2, 0.25) is 5.88 Å². The Hall–Kier alpha value is -5.36. The minimum atomic E-state index is -4.48. The van der Waals surface area contributed by atoms with Gasteiger partial charge in [0, 0.05) is 63.8 Å². The zero-order valence-electron chi connectivity index (χ0n) is 26.7. The lowest BCUT2D eigenvalue weighted by Gasteiger charge is -2.34. The Bertz CT molecular complexity index is 1920. The number of para-hydroxylation sites is 1. The molecule has 1 saturated heterocycles. The number of piperazine rings is 1. The second kappa shape index (κ2) is 13.4. The van der Waals surface area contributed by atoms with E-state index in [1.165, 1.54) is 23.7 Å². The zero-order chi connectivity index (χ0) is 34.0. The highest BCUT2D eigenvalue weighted by molar-refractivity contribution is 6.05. The molecule has 0 atom stereocenters. The Balaban J connectivity index is 1.11. The number of aryl methyl sites for hydroxylation is 1. The van der Waals surface area contributed by atoms with Crippen LogP contribution in [-0.4, -0.2) is 71.5 Å². The largest absolute Gasteiger partial charge is 0.497 e. The van der Waals surface area contributed by atoms with Gasteiger partial charge >= 0.3 is 6.18 Å². The van der Waals surface area contributed by atoms with Gasteiger partial charge in [0.05, 0.1) is 30.1 Å². The maximum Gasteiger partial charge on any atom is 0.416 e. The molecule has 3 heterocycles. The lowest BCUT2D eigenvalue weighted by Crippen LogP contribution is -2.48. The van der Waals surface area contributed by atoms with E-state index >= 15 is 0 Å². The van der Waals surface area contributed by atoms with E-state index in [0.717, 1.165) is 60.6 Å². The van der Waals surface area contributed by atoms with Crippen LogP contribution in [0.15, 0.2) is 91.1 Å². The van der Waals surface area contributed by atoms with Gasteiger partial charge in [-0.1, -0.05) is 24.3 Å². The van der Waals surface area contributed by atoms with Crippen LogP contribution in [0.1, 0.15) is 32.0 Å². The first-order chi connectivity index (χ1) is 23.0. The molecule has 0 N–H and O–H groups in total. The molecule has 2 amide bonds. The molecule has 0 aliphatic carbocycles. The Morgan fingerprint density at radius 1 is 0.917 bits per heavy atom. The van der Waals surface area contributed by atoms with Crippen LogP contribution < -0.4 is 14.4 Å². The molecule has 0 radical (unpaired) electrons. The first-order valence-corrected chi connectivity index (χ1v) is 15.3. The number of rotatable bonds is 8. The summed E-state index contributed by atoms with van der Waals surface area (Å²) >= 11 is 0. The number of hydrogen-bond donors (Lipinski definition) is 0. The predicted molar refractivity (Wildman–Crippen MR) is 176 cm³/mol. The number of fused-ring (bicyclic) bond motifs is 1. The smallest absolute Gasteiger partial charge is 0.416 e. The van der Waals surface area contributed by atoms with Crippen molar-refractivity contribution in [1.82, 2.24) is 19.4 Å². The second-order valence-electron chi connectivity index (χ2n) is 11.6. The molecule has 5 aromatic rings. The lowest BCUT2D eigenvalue weighted by molar-refractivity contribution is -0.137. The maximum absolute atomic E-state index is 13.7. The van der Waals surface area contributed by atoms with Crippen molar-refractivity contribution >= 4 is 28.4 Å². The predicted octanol–water partition coefficient (Wildman–Crippen LogP) is 6.63. The Morgan fingerprint density at radius 3 is 2.25 bits per heavy atom. The van der Waals surface area contributed by atoms with Crippen LogP contribution in [0.3, 0.4) is 0 Å². The summed E-state index contributed by atoms with van der Waals surface area (Å²) in [5.74, 6) is 1.07. The van der Waals surface area contributed by atoms with Gasteiger partial charge in [-0.3, -0.25) is 14.5 Å². The number of nitrogens with zero attached hydrogens (tertiary/aromatic N) is 5. The summed E-state index contributed by atoms with van der Waals surface area (Å²) in [5.41, 5.74) is 2.20. The summed E-state index contributed by atoms with van der Waals surface area (Å²) in [7, 11) is 5.00. The van der Waals surface area contributed by atoms with Gasteiger partial charge in [-0.15, -0.1) is 0 Å². The molecule has 2 aromatic heterocycles. The maximum atomic E-state index is 13.7. The van der Waals surface area contributed by atoms with Crippen LogP contribution in [0, 0.1) is 0 Å². The minimum Gasteiger partial charge on any atom is -0.497 e. The van der Waals surface area contributed by atoms with E-state index in [-0.39, 0.29) is 17.4 Å². The van der Waals surface area contributed by atoms with Gasteiger partial charge in [-0.2, -0.15) is 13.2 Å². The standard InChI is InChI=1S/C36H34F3N5O4/c1-41(34(45)25-9-11-27(12-10-25)36(37,38)39)28-13-16-32(40-22-28)48-31-6-4-5-26-21-30(42(2)33(26)31)35(46)44-19-17-43(18-20-44)23-24-7-14-29(47-3)15-8-24/h4-16,21-22H,17-20,23H2,1-3H3. The summed E-state index contributed by atoms with van der Waals surface area (Å²) < 4.78 is 51.9. The van der Waals surface area contributed by atoms with E-state index in [1.807, 2.05) is 46.8 Å². The van der Waals surface area contributed by atoms with Crippen molar-refractivity contribution in [3.8, 4) is 17.4 Å². The molecular weight excluding hydrogens is 623 g/mol. The number of carbonyl (C=O) groups excluding carboxylic acids is 2. The normalized spacial score (nSPS) is 13.8. The number of benzene rings is 3. The number of anilines is 1. The van der Waals surface area contributed by atoms with Crippen molar-refractivity contribution in [2.24, 2.45) is 7.05 Å². The summed E-state index contributed by atoms with van der Waals surface area (Å²) in [5, 5.41) is 0.843. The quantitative estimate of drug-likeness (QED) is 0.187. The van der Waals surface area contributed by atoms with E-state index in [9.17, 15) is 22.8 Å². The van der Waals surface area contributed by atoms with Crippen LogP contribution in [-0.2, 0) is 19.8 Å². The van der Waals surface area contributed by atoms with Crippen molar-refractivity contribution in [3.05, 3.63) is 114 Å². The molecule has 6 rings (SSSR count). The van der Waals surface area contributed by atoms with Crippen LogP contribution in [0.2, 0.25) is 0 Å². The fourth-order valence-corrected chi connectivity index (χ4v) is 5.78.